The second kappa shape index (κ2) is 6.73. The summed E-state index contributed by atoms with van der Waals surface area (Å²) in [4.78, 5) is 0. The molecule has 0 aliphatic heterocycles. The predicted octanol–water partition coefficient (Wildman–Crippen LogP) is 4.56. The van der Waals surface area contributed by atoms with Gasteiger partial charge >= 0.3 is 0 Å². The first-order valence-electron chi connectivity index (χ1n) is 6.87. The Bertz CT molecular complexity index is 623. The summed E-state index contributed by atoms with van der Waals surface area (Å²) in [6.07, 6.45) is 2.06. The number of benzene rings is 1. The van der Waals surface area contributed by atoms with Crippen molar-refractivity contribution < 1.29 is 4.42 Å². The Morgan fingerprint density at radius 1 is 1.14 bits per heavy atom. The molecule has 0 aliphatic carbocycles. The average Bonchev–Trinajstić information content (AvgIpc) is 2.94. The number of nitrogens with one attached hydrogen (secondary N) is 1. The summed E-state index contributed by atoms with van der Waals surface area (Å²) in [5.74, 6) is 2.84. The van der Waals surface area contributed by atoms with E-state index in [2.05, 4.69) is 17.6 Å². The van der Waals surface area contributed by atoms with Crippen LogP contribution in [0.5, 0.6) is 0 Å². The van der Waals surface area contributed by atoms with Gasteiger partial charge in [-0.25, -0.2) is 0 Å². The van der Waals surface area contributed by atoms with E-state index in [4.69, 9.17) is 9.68 Å². The smallest absolute Gasteiger partial charge is 0.123 e. The van der Waals surface area contributed by atoms with Gasteiger partial charge < -0.3 is 9.73 Å². The highest BCUT2D eigenvalue weighted by Crippen LogP contribution is 2.24. The van der Waals surface area contributed by atoms with Crippen molar-refractivity contribution in [3.8, 4) is 6.07 Å². The normalized spacial score (nSPS) is 11.1. The van der Waals surface area contributed by atoms with Crippen molar-refractivity contribution in [3.63, 3.8) is 0 Å². The highest BCUT2D eigenvalue weighted by Gasteiger charge is 2.18. The highest BCUT2D eigenvalue weighted by atomic mass is 32.2. The van der Waals surface area contributed by atoms with E-state index in [0.29, 0.717) is 6.54 Å². The van der Waals surface area contributed by atoms with Gasteiger partial charge in [0.05, 0.1) is 23.8 Å². The Hall–Kier alpha value is -1.86. The molecule has 0 saturated heterocycles. The second-order valence-corrected chi connectivity index (χ2v) is 6.33. The molecule has 4 heteroatoms. The van der Waals surface area contributed by atoms with E-state index in [1.807, 2.05) is 50.2 Å². The van der Waals surface area contributed by atoms with E-state index >= 15 is 0 Å². The summed E-state index contributed by atoms with van der Waals surface area (Å²) in [6.45, 7) is 4.51. The molecule has 0 spiro atoms. The lowest BCUT2D eigenvalue weighted by atomic mass is 9.86. The molecule has 21 heavy (non-hydrogen) atoms. The van der Waals surface area contributed by atoms with Crippen LogP contribution in [0.1, 0.15) is 30.9 Å². The molecule has 1 aromatic heterocycles. The molecular formula is C17H20N2OS. The number of hydrogen-bond acceptors (Lipinski definition) is 4. The molecule has 1 N–H and O–H groups in total. The van der Waals surface area contributed by atoms with Gasteiger partial charge in [0.15, 0.2) is 0 Å². The van der Waals surface area contributed by atoms with Gasteiger partial charge in [-0.05, 0) is 49.9 Å². The fourth-order valence-electron chi connectivity index (χ4n) is 2.00. The summed E-state index contributed by atoms with van der Waals surface area (Å²) in [5, 5.41) is 12.5. The van der Waals surface area contributed by atoms with Crippen LogP contribution in [-0.4, -0.2) is 6.26 Å². The van der Waals surface area contributed by atoms with Gasteiger partial charge in [0.2, 0.25) is 0 Å². The lowest BCUT2D eigenvalue weighted by molar-refractivity contribution is 0.487. The molecule has 2 aromatic rings. The molecular weight excluding hydrogens is 280 g/mol. The first-order chi connectivity index (χ1) is 10.0. The van der Waals surface area contributed by atoms with Crippen LogP contribution in [0.25, 0.3) is 0 Å². The molecule has 0 amide bonds. The predicted molar refractivity (Wildman–Crippen MR) is 88.3 cm³/mol. The Morgan fingerprint density at radius 2 is 1.81 bits per heavy atom. The fraction of sp³-hybridized carbons (Fsp3) is 0.353. The number of nitrogens with zero attached hydrogens (tertiary/aromatic N) is 1. The summed E-state index contributed by atoms with van der Waals surface area (Å²) < 4.78 is 5.71. The van der Waals surface area contributed by atoms with Crippen LogP contribution in [0, 0.1) is 11.3 Å². The molecule has 0 saturated carbocycles. The van der Waals surface area contributed by atoms with Crippen LogP contribution < -0.4 is 5.32 Å². The number of hydrogen-bond donors (Lipinski definition) is 1. The summed E-state index contributed by atoms with van der Waals surface area (Å²) in [5.41, 5.74) is 1.60. The molecule has 1 heterocycles. The quantitative estimate of drug-likeness (QED) is 0.850. The first kappa shape index (κ1) is 15.5. The molecule has 2 rings (SSSR count). The van der Waals surface area contributed by atoms with Crippen molar-refractivity contribution in [3.05, 3.63) is 53.5 Å². The standard InChI is InChI=1S/C17H20N2OS/c1-17(2,12-18)13-4-6-14(7-5-13)19-10-15-8-9-16(20-15)11-21-3/h4-9,19H,10-11H2,1-3H3. The van der Waals surface area contributed by atoms with Crippen molar-refractivity contribution in [2.24, 2.45) is 0 Å². The highest BCUT2D eigenvalue weighted by molar-refractivity contribution is 7.97. The fourth-order valence-corrected chi connectivity index (χ4v) is 2.44. The van der Waals surface area contributed by atoms with E-state index in [1.165, 1.54) is 0 Å². The minimum atomic E-state index is -0.452. The van der Waals surface area contributed by atoms with E-state index in [9.17, 15) is 0 Å². The minimum absolute atomic E-state index is 0.452. The summed E-state index contributed by atoms with van der Waals surface area (Å²) >= 11 is 1.75. The number of rotatable bonds is 6. The van der Waals surface area contributed by atoms with Gasteiger partial charge in [-0.3, -0.25) is 0 Å². The number of furan rings is 1. The SMILES string of the molecule is CSCc1ccc(CNc2ccc(C(C)(C)C#N)cc2)o1. The van der Waals surface area contributed by atoms with Crippen LogP contribution in [0.2, 0.25) is 0 Å². The van der Waals surface area contributed by atoms with Crippen LogP contribution in [0.4, 0.5) is 5.69 Å². The molecule has 0 bridgehead atoms. The van der Waals surface area contributed by atoms with E-state index in [1.54, 1.807) is 11.8 Å². The third-order valence-corrected chi connectivity index (χ3v) is 3.93. The molecule has 0 atom stereocenters. The largest absolute Gasteiger partial charge is 0.463 e. The molecule has 3 nitrogen and oxygen atoms in total. The topological polar surface area (TPSA) is 49.0 Å². The second-order valence-electron chi connectivity index (χ2n) is 5.47. The van der Waals surface area contributed by atoms with Gasteiger partial charge in [-0.15, -0.1) is 0 Å². The van der Waals surface area contributed by atoms with Crippen LogP contribution in [0.15, 0.2) is 40.8 Å². The Morgan fingerprint density at radius 3 is 2.43 bits per heavy atom. The van der Waals surface area contributed by atoms with Gasteiger partial charge in [0.1, 0.15) is 11.5 Å². The molecule has 0 fully saturated rings. The third kappa shape index (κ3) is 4.05. The Labute approximate surface area is 130 Å². The van der Waals surface area contributed by atoms with Gasteiger partial charge in [0, 0.05) is 5.69 Å². The average molecular weight is 300 g/mol. The minimum Gasteiger partial charge on any atom is -0.463 e. The molecule has 0 unspecified atom stereocenters. The van der Waals surface area contributed by atoms with Crippen LogP contribution in [-0.2, 0) is 17.7 Å². The monoisotopic (exact) mass is 300 g/mol. The van der Waals surface area contributed by atoms with E-state index in [0.717, 1.165) is 28.5 Å². The van der Waals surface area contributed by atoms with E-state index in [-0.39, 0.29) is 0 Å². The zero-order valence-corrected chi connectivity index (χ0v) is 13.5. The maximum atomic E-state index is 9.14. The molecule has 0 radical (unpaired) electrons. The maximum Gasteiger partial charge on any atom is 0.123 e. The van der Waals surface area contributed by atoms with Crippen molar-refractivity contribution in [1.82, 2.24) is 0 Å². The molecule has 0 aliphatic rings. The Balaban J connectivity index is 1.96. The van der Waals surface area contributed by atoms with Crippen LogP contribution >= 0.6 is 11.8 Å². The van der Waals surface area contributed by atoms with Crippen molar-refractivity contribution >= 4 is 17.4 Å². The maximum absolute atomic E-state index is 9.14. The van der Waals surface area contributed by atoms with Gasteiger partial charge in [-0.2, -0.15) is 17.0 Å². The summed E-state index contributed by atoms with van der Waals surface area (Å²) in [7, 11) is 0. The first-order valence-corrected chi connectivity index (χ1v) is 8.27. The number of nitriles is 1. The molecule has 1 aromatic carbocycles. The van der Waals surface area contributed by atoms with Crippen molar-refractivity contribution in [2.75, 3.05) is 11.6 Å². The van der Waals surface area contributed by atoms with Crippen molar-refractivity contribution in [2.45, 2.75) is 31.6 Å². The van der Waals surface area contributed by atoms with E-state index < -0.39 is 5.41 Å². The zero-order chi connectivity index (χ0) is 15.3. The van der Waals surface area contributed by atoms with Crippen molar-refractivity contribution in [1.29, 1.82) is 5.26 Å². The lowest BCUT2D eigenvalue weighted by Gasteiger charge is -2.16. The zero-order valence-electron chi connectivity index (χ0n) is 12.6. The lowest BCUT2D eigenvalue weighted by Crippen LogP contribution is -2.13. The summed E-state index contributed by atoms with van der Waals surface area (Å²) in [6, 6.07) is 14.3. The Kier molecular flexibility index (Phi) is 4.98. The van der Waals surface area contributed by atoms with Crippen LogP contribution in [0.3, 0.4) is 0 Å². The number of thioether (sulfide) groups is 1. The van der Waals surface area contributed by atoms with Gasteiger partial charge in [0.25, 0.3) is 0 Å². The molecule has 110 valence electrons. The number of anilines is 1. The van der Waals surface area contributed by atoms with Gasteiger partial charge in [-0.1, -0.05) is 12.1 Å². The third-order valence-electron chi connectivity index (χ3n) is 3.36.